The maximum Gasteiger partial charge on any atom is 0.117 e. The van der Waals surface area contributed by atoms with Gasteiger partial charge in [0.2, 0.25) is 0 Å². The molecule has 0 amide bonds. The summed E-state index contributed by atoms with van der Waals surface area (Å²) in [7, 11) is 0. The van der Waals surface area contributed by atoms with Gasteiger partial charge in [0.25, 0.3) is 0 Å². The molecule has 0 heterocycles. The van der Waals surface area contributed by atoms with Crippen LogP contribution in [0.2, 0.25) is 0 Å². The summed E-state index contributed by atoms with van der Waals surface area (Å²) >= 11 is 0. The predicted octanol–water partition coefficient (Wildman–Crippen LogP) is 3.90. The normalized spacial score (nSPS) is 11.2. The van der Waals surface area contributed by atoms with E-state index in [9.17, 15) is 0 Å². The predicted molar refractivity (Wildman–Crippen MR) is 82.5 cm³/mol. The first-order valence-corrected chi connectivity index (χ1v) is 6.50. The lowest BCUT2D eigenvalue weighted by atomic mass is 10.2. The summed E-state index contributed by atoms with van der Waals surface area (Å²) in [5, 5.41) is 12.2. The summed E-state index contributed by atoms with van der Waals surface area (Å²) in [6.07, 6.45) is 5.64. The summed E-state index contributed by atoms with van der Waals surface area (Å²) < 4.78 is 0. The molecule has 98 valence electrons. The third-order valence-electron chi connectivity index (χ3n) is 2.80. The van der Waals surface area contributed by atoms with Crippen molar-refractivity contribution in [3.05, 3.63) is 89.6 Å². The second-order valence-corrected chi connectivity index (χ2v) is 4.30. The van der Waals surface area contributed by atoms with Gasteiger partial charge in [0, 0.05) is 6.54 Å². The van der Waals surface area contributed by atoms with E-state index in [1.54, 1.807) is 6.08 Å². The summed E-state index contributed by atoms with van der Waals surface area (Å²) in [4.78, 5) is 0. The number of rotatable bonds is 5. The topological polar surface area (TPSA) is 35.8 Å². The van der Waals surface area contributed by atoms with Crippen LogP contribution in [0.15, 0.2) is 78.5 Å². The monoisotopic (exact) mass is 260 g/mol. The van der Waals surface area contributed by atoms with Gasteiger partial charge in [0.1, 0.15) is 11.8 Å². The largest absolute Gasteiger partial charge is 0.372 e. The van der Waals surface area contributed by atoms with E-state index in [0.717, 1.165) is 11.1 Å². The number of hydrogen-bond acceptors (Lipinski definition) is 2. The fourth-order valence-electron chi connectivity index (χ4n) is 1.75. The zero-order valence-electron chi connectivity index (χ0n) is 11.2. The van der Waals surface area contributed by atoms with Gasteiger partial charge < -0.3 is 5.32 Å². The lowest BCUT2D eigenvalue weighted by Crippen LogP contribution is -2.11. The van der Waals surface area contributed by atoms with Crippen molar-refractivity contribution in [1.29, 1.82) is 5.26 Å². The number of hydrogen-bond donors (Lipinski definition) is 1. The molecule has 0 radical (unpaired) electrons. The van der Waals surface area contributed by atoms with Crippen LogP contribution in [0, 0.1) is 11.3 Å². The minimum absolute atomic E-state index is 0.557. The highest BCUT2D eigenvalue weighted by Crippen LogP contribution is 2.02. The number of nitrogens with one attached hydrogen (secondary N) is 1. The molecule has 2 aromatic rings. The fraction of sp³-hybridized carbons (Fsp3) is 0.0556. The lowest BCUT2D eigenvalue weighted by Gasteiger charge is -2.03. The standard InChI is InChI=1S/C18H16N2/c19-14-18(20-15-17-10-5-2-6-11-17)13-7-12-16-8-3-1-4-9-16/h1-13,20H,15H2/b12-7+,18-13+. The molecule has 2 nitrogen and oxygen atoms in total. The van der Waals surface area contributed by atoms with Crippen molar-refractivity contribution in [1.82, 2.24) is 5.32 Å². The second kappa shape index (κ2) is 7.60. The van der Waals surface area contributed by atoms with Crippen molar-refractivity contribution in [3.63, 3.8) is 0 Å². The maximum atomic E-state index is 9.09. The molecule has 2 rings (SSSR count). The highest BCUT2D eigenvalue weighted by Gasteiger charge is 1.94. The first kappa shape index (κ1) is 13.6. The van der Waals surface area contributed by atoms with Crippen LogP contribution < -0.4 is 5.32 Å². The maximum absolute atomic E-state index is 9.09. The van der Waals surface area contributed by atoms with E-state index in [4.69, 9.17) is 5.26 Å². The van der Waals surface area contributed by atoms with Gasteiger partial charge in [0.15, 0.2) is 0 Å². The molecule has 2 heteroatoms. The smallest absolute Gasteiger partial charge is 0.117 e. The van der Waals surface area contributed by atoms with Crippen molar-refractivity contribution in [2.45, 2.75) is 6.54 Å². The van der Waals surface area contributed by atoms with Gasteiger partial charge in [-0.1, -0.05) is 72.8 Å². The van der Waals surface area contributed by atoms with Crippen molar-refractivity contribution < 1.29 is 0 Å². The second-order valence-electron chi connectivity index (χ2n) is 4.30. The summed E-state index contributed by atoms with van der Waals surface area (Å²) in [5.74, 6) is 0. The third-order valence-corrected chi connectivity index (χ3v) is 2.80. The van der Waals surface area contributed by atoms with Crippen molar-refractivity contribution >= 4 is 6.08 Å². The van der Waals surface area contributed by atoms with Gasteiger partial charge in [-0.3, -0.25) is 0 Å². The number of benzene rings is 2. The SMILES string of the molecule is N#C/C(=C\C=C\c1ccccc1)NCc1ccccc1. The third kappa shape index (κ3) is 4.47. The van der Waals surface area contributed by atoms with Crippen LogP contribution in [0.3, 0.4) is 0 Å². The highest BCUT2D eigenvalue weighted by molar-refractivity contribution is 5.51. The van der Waals surface area contributed by atoms with E-state index in [1.165, 1.54) is 0 Å². The van der Waals surface area contributed by atoms with Gasteiger partial charge >= 0.3 is 0 Å². The first-order chi connectivity index (χ1) is 9.88. The Morgan fingerprint density at radius 2 is 1.65 bits per heavy atom. The Labute approximate surface area is 119 Å². The average molecular weight is 260 g/mol. The average Bonchev–Trinajstić information content (AvgIpc) is 2.52. The molecule has 20 heavy (non-hydrogen) atoms. The van der Waals surface area contributed by atoms with Crippen molar-refractivity contribution in [2.24, 2.45) is 0 Å². The summed E-state index contributed by atoms with van der Waals surface area (Å²) in [5.41, 5.74) is 2.82. The van der Waals surface area contributed by atoms with E-state index in [0.29, 0.717) is 12.2 Å². The van der Waals surface area contributed by atoms with Gasteiger partial charge in [-0.05, 0) is 17.2 Å². The molecule has 0 atom stereocenters. The zero-order valence-corrected chi connectivity index (χ0v) is 11.2. The molecule has 0 unspecified atom stereocenters. The lowest BCUT2D eigenvalue weighted by molar-refractivity contribution is 0.837. The molecular formula is C18H16N2. The van der Waals surface area contributed by atoms with Crippen molar-refractivity contribution in [3.8, 4) is 6.07 Å². The van der Waals surface area contributed by atoms with Crippen LogP contribution in [-0.4, -0.2) is 0 Å². The molecule has 2 aromatic carbocycles. The van der Waals surface area contributed by atoms with E-state index in [2.05, 4.69) is 11.4 Å². The highest BCUT2D eigenvalue weighted by atomic mass is 14.9. The Bertz CT molecular complexity index is 619. The van der Waals surface area contributed by atoms with Gasteiger partial charge in [0.05, 0.1) is 0 Å². The molecule has 0 aliphatic rings. The molecule has 0 aromatic heterocycles. The Hall–Kier alpha value is -2.79. The van der Waals surface area contributed by atoms with E-state index < -0.39 is 0 Å². The van der Waals surface area contributed by atoms with E-state index in [1.807, 2.05) is 72.8 Å². The summed E-state index contributed by atoms with van der Waals surface area (Å²) in [6, 6.07) is 22.2. The van der Waals surface area contributed by atoms with Crippen LogP contribution in [0.25, 0.3) is 6.08 Å². The minimum atomic E-state index is 0.557. The van der Waals surface area contributed by atoms with Crippen LogP contribution in [-0.2, 0) is 6.54 Å². The first-order valence-electron chi connectivity index (χ1n) is 6.50. The zero-order chi connectivity index (χ0) is 14.0. The number of nitrogens with zero attached hydrogens (tertiary/aromatic N) is 1. The Morgan fingerprint density at radius 1 is 1.00 bits per heavy atom. The summed E-state index contributed by atoms with van der Waals surface area (Å²) in [6.45, 7) is 0.652. The van der Waals surface area contributed by atoms with Gasteiger partial charge in [-0.25, -0.2) is 0 Å². The minimum Gasteiger partial charge on any atom is -0.372 e. The molecular weight excluding hydrogens is 244 g/mol. The molecule has 0 saturated carbocycles. The van der Waals surface area contributed by atoms with Crippen LogP contribution in [0.4, 0.5) is 0 Å². The Kier molecular flexibility index (Phi) is 5.18. The molecule has 0 bridgehead atoms. The van der Waals surface area contributed by atoms with Crippen LogP contribution >= 0.6 is 0 Å². The van der Waals surface area contributed by atoms with Crippen LogP contribution in [0.1, 0.15) is 11.1 Å². The quantitative estimate of drug-likeness (QED) is 0.653. The van der Waals surface area contributed by atoms with Gasteiger partial charge in [-0.15, -0.1) is 0 Å². The van der Waals surface area contributed by atoms with E-state index in [-0.39, 0.29) is 0 Å². The fourth-order valence-corrected chi connectivity index (χ4v) is 1.75. The molecule has 0 aliphatic carbocycles. The van der Waals surface area contributed by atoms with Gasteiger partial charge in [-0.2, -0.15) is 5.26 Å². The molecule has 0 fully saturated rings. The molecule has 0 saturated heterocycles. The van der Waals surface area contributed by atoms with E-state index >= 15 is 0 Å². The van der Waals surface area contributed by atoms with Crippen molar-refractivity contribution in [2.75, 3.05) is 0 Å². The Morgan fingerprint density at radius 3 is 2.30 bits per heavy atom. The van der Waals surface area contributed by atoms with Crippen LogP contribution in [0.5, 0.6) is 0 Å². The Balaban J connectivity index is 1.93. The molecule has 0 aliphatic heterocycles. The number of nitriles is 1. The molecule has 1 N–H and O–H groups in total. The molecule has 0 spiro atoms. The number of allylic oxidation sites excluding steroid dienone is 3.